The van der Waals surface area contributed by atoms with Crippen molar-refractivity contribution in [2.24, 2.45) is 0 Å². The largest absolute Gasteiger partial charge is 0.492 e. The van der Waals surface area contributed by atoms with E-state index < -0.39 is 24.1 Å². The summed E-state index contributed by atoms with van der Waals surface area (Å²) in [6.07, 6.45) is 4.41. The first-order valence-corrected chi connectivity index (χ1v) is 7.52. The summed E-state index contributed by atoms with van der Waals surface area (Å²) < 4.78 is 25.3. The molecule has 0 radical (unpaired) electrons. The number of hydrogen-bond acceptors (Lipinski definition) is 4. The molecule has 0 unspecified atom stereocenters. The van der Waals surface area contributed by atoms with E-state index in [1.807, 2.05) is 27.7 Å². The van der Waals surface area contributed by atoms with Crippen LogP contribution in [0.1, 0.15) is 40.2 Å². The number of halogens is 1. The lowest BCUT2D eigenvalue weighted by Gasteiger charge is -2.32. The molecular formula is C16H22BFN2O3. The first-order valence-electron chi connectivity index (χ1n) is 7.52. The Morgan fingerprint density at radius 3 is 2.43 bits per heavy atom. The van der Waals surface area contributed by atoms with Crippen LogP contribution in [0.15, 0.2) is 23.9 Å². The number of nitrogens with one attached hydrogen (secondary N) is 1. The average molecular weight is 320 g/mol. The van der Waals surface area contributed by atoms with Gasteiger partial charge in [-0.15, -0.1) is 0 Å². The summed E-state index contributed by atoms with van der Waals surface area (Å²) >= 11 is 0. The van der Waals surface area contributed by atoms with Crippen molar-refractivity contribution in [1.82, 2.24) is 10.3 Å². The van der Waals surface area contributed by atoms with Gasteiger partial charge < -0.3 is 14.6 Å². The van der Waals surface area contributed by atoms with Crippen molar-refractivity contribution < 1.29 is 18.5 Å². The zero-order valence-corrected chi connectivity index (χ0v) is 14.1. The van der Waals surface area contributed by atoms with Crippen molar-refractivity contribution in [1.29, 1.82) is 0 Å². The van der Waals surface area contributed by atoms with E-state index in [-0.39, 0.29) is 12.5 Å². The van der Waals surface area contributed by atoms with Crippen molar-refractivity contribution in [2.75, 3.05) is 6.54 Å². The third-order valence-corrected chi connectivity index (χ3v) is 4.18. The monoisotopic (exact) mass is 320 g/mol. The molecule has 2 heterocycles. The maximum Gasteiger partial charge on any atom is 0.492 e. The Labute approximate surface area is 136 Å². The lowest BCUT2D eigenvalue weighted by atomic mass is 9.77. The van der Waals surface area contributed by atoms with E-state index in [4.69, 9.17) is 9.31 Å². The van der Waals surface area contributed by atoms with Crippen LogP contribution in [0.5, 0.6) is 0 Å². The molecule has 0 aliphatic carbocycles. The van der Waals surface area contributed by atoms with E-state index in [9.17, 15) is 9.18 Å². The van der Waals surface area contributed by atoms with Crippen molar-refractivity contribution in [3.63, 3.8) is 0 Å². The summed E-state index contributed by atoms with van der Waals surface area (Å²) in [4.78, 5) is 15.1. The molecule has 1 aromatic rings. The van der Waals surface area contributed by atoms with E-state index >= 15 is 0 Å². The molecule has 1 fully saturated rings. The summed E-state index contributed by atoms with van der Waals surface area (Å²) in [6, 6.07) is 1.37. The molecule has 1 N–H and O–H groups in total. The second-order valence-electron chi connectivity index (χ2n) is 6.65. The molecule has 0 saturated carbocycles. The molecule has 1 amide bonds. The van der Waals surface area contributed by atoms with Crippen molar-refractivity contribution in [2.45, 2.75) is 45.8 Å². The average Bonchev–Trinajstić information content (AvgIpc) is 2.63. The van der Waals surface area contributed by atoms with Crippen LogP contribution in [0.25, 0.3) is 6.08 Å². The third kappa shape index (κ3) is 4.17. The Hall–Kier alpha value is -1.73. The lowest BCUT2D eigenvalue weighted by Crippen LogP contribution is -2.41. The van der Waals surface area contributed by atoms with Crippen LogP contribution < -0.4 is 5.32 Å². The Morgan fingerprint density at radius 2 is 1.91 bits per heavy atom. The maximum absolute atomic E-state index is 13.3. The molecule has 0 bridgehead atoms. The molecule has 5 nitrogen and oxygen atoms in total. The highest BCUT2D eigenvalue weighted by Crippen LogP contribution is 2.38. The van der Waals surface area contributed by atoms with Crippen LogP contribution in [-0.4, -0.2) is 35.8 Å². The van der Waals surface area contributed by atoms with Gasteiger partial charge in [0, 0.05) is 19.7 Å². The third-order valence-electron chi connectivity index (χ3n) is 4.18. The molecule has 124 valence electrons. The van der Waals surface area contributed by atoms with Gasteiger partial charge in [-0.05, 0) is 44.8 Å². The minimum Gasteiger partial charge on any atom is -0.400 e. The van der Waals surface area contributed by atoms with Gasteiger partial charge in [0.05, 0.1) is 17.4 Å². The highest BCUT2D eigenvalue weighted by Gasteiger charge is 2.52. The number of pyridine rings is 1. The summed E-state index contributed by atoms with van der Waals surface area (Å²) in [5, 5.41) is 2.73. The van der Waals surface area contributed by atoms with Crippen LogP contribution in [0.4, 0.5) is 4.39 Å². The van der Waals surface area contributed by atoms with Gasteiger partial charge >= 0.3 is 7.12 Å². The summed E-state index contributed by atoms with van der Waals surface area (Å²) in [6.45, 7) is 9.49. The zero-order valence-electron chi connectivity index (χ0n) is 14.1. The minimum absolute atomic E-state index is 0.162. The molecule has 0 atom stereocenters. The summed E-state index contributed by atoms with van der Waals surface area (Å²) in [5.74, 6) is -0.587. The molecule has 0 spiro atoms. The molecule has 1 aliphatic heterocycles. The zero-order chi connectivity index (χ0) is 17.3. The van der Waals surface area contributed by atoms with Gasteiger partial charge in [-0.2, -0.15) is 0 Å². The molecule has 1 aliphatic rings. The Bertz CT molecular complexity index is 616. The van der Waals surface area contributed by atoms with Crippen molar-refractivity contribution >= 4 is 19.1 Å². The molecule has 1 aromatic heterocycles. The molecular weight excluding hydrogens is 298 g/mol. The van der Waals surface area contributed by atoms with Crippen LogP contribution in [-0.2, 0) is 14.1 Å². The Balaban J connectivity index is 2.30. The van der Waals surface area contributed by atoms with E-state index in [2.05, 4.69) is 10.3 Å². The number of carbonyl (C=O) groups excluding carboxylic acids is 1. The number of hydrogen-bond donors (Lipinski definition) is 1. The maximum atomic E-state index is 13.3. The van der Waals surface area contributed by atoms with E-state index in [0.717, 1.165) is 6.20 Å². The Morgan fingerprint density at radius 1 is 1.30 bits per heavy atom. The second-order valence-corrected chi connectivity index (χ2v) is 6.65. The number of carbonyl (C=O) groups is 1. The summed E-state index contributed by atoms with van der Waals surface area (Å²) in [5.41, 5.74) is 0.298. The van der Waals surface area contributed by atoms with Gasteiger partial charge in [0.1, 0.15) is 5.82 Å². The number of nitrogens with zero attached hydrogens (tertiary/aromatic N) is 1. The quantitative estimate of drug-likeness (QED) is 0.865. The van der Waals surface area contributed by atoms with Gasteiger partial charge in [-0.1, -0.05) is 6.08 Å². The normalized spacial score (nSPS) is 19.7. The molecule has 0 aromatic carbocycles. The lowest BCUT2D eigenvalue weighted by molar-refractivity contribution is -0.118. The van der Waals surface area contributed by atoms with Crippen LogP contribution in [0.3, 0.4) is 0 Å². The molecule has 7 heteroatoms. The standard InChI is InChI=1S/C16H22BFN2O3/c1-11(21)20-9-13(6-12-7-14(18)10-19-8-12)17-22-15(2,3)16(4,5)23-17/h6-8,10H,9H2,1-5H3,(H,20,21). The highest BCUT2D eigenvalue weighted by atomic mass is 19.1. The predicted octanol–water partition coefficient (Wildman–Crippen LogP) is 2.37. The smallest absolute Gasteiger partial charge is 0.400 e. The number of rotatable bonds is 4. The van der Waals surface area contributed by atoms with E-state index in [1.165, 1.54) is 13.0 Å². The first-order chi connectivity index (χ1) is 10.6. The van der Waals surface area contributed by atoms with Crippen LogP contribution in [0.2, 0.25) is 0 Å². The fourth-order valence-electron chi connectivity index (χ4n) is 2.14. The van der Waals surface area contributed by atoms with Gasteiger partial charge in [-0.3, -0.25) is 9.78 Å². The van der Waals surface area contributed by atoms with E-state index in [1.54, 1.807) is 12.3 Å². The molecule has 23 heavy (non-hydrogen) atoms. The molecule has 2 rings (SSSR count). The summed E-state index contributed by atoms with van der Waals surface area (Å²) in [7, 11) is -0.616. The predicted molar refractivity (Wildman–Crippen MR) is 86.9 cm³/mol. The van der Waals surface area contributed by atoms with Gasteiger partial charge in [0.25, 0.3) is 0 Å². The fourth-order valence-corrected chi connectivity index (χ4v) is 2.14. The first kappa shape index (κ1) is 17.6. The van der Waals surface area contributed by atoms with Gasteiger partial charge in [0.2, 0.25) is 5.91 Å². The fraction of sp³-hybridized carbons (Fsp3) is 0.500. The SMILES string of the molecule is CC(=O)NCC(=Cc1cncc(F)c1)B1OC(C)(C)C(C)(C)O1. The van der Waals surface area contributed by atoms with E-state index in [0.29, 0.717) is 11.0 Å². The molecule has 1 saturated heterocycles. The minimum atomic E-state index is -0.616. The van der Waals surface area contributed by atoms with Crippen molar-refractivity contribution in [3.8, 4) is 0 Å². The highest BCUT2D eigenvalue weighted by molar-refractivity contribution is 6.56. The van der Waals surface area contributed by atoms with Gasteiger partial charge in [-0.25, -0.2) is 4.39 Å². The van der Waals surface area contributed by atoms with Crippen molar-refractivity contribution in [3.05, 3.63) is 35.3 Å². The van der Waals surface area contributed by atoms with Gasteiger partial charge in [0.15, 0.2) is 0 Å². The Kier molecular flexibility index (Phi) is 4.91. The number of amides is 1. The van der Waals surface area contributed by atoms with Crippen LogP contribution in [0, 0.1) is 5.82 Å². The topological polar surface area (TPSA) is 60.5 Å². The van der Waals surface area contributed by atoms with Crippen LogP contribution >= 0.6 is 0 Å². The second kappa shape index (κ2) is 6.41. The number of aromatic nitrogens is 1.